The molecule has 2 aliphatic heterocycles. The van der Waals surface area contributed by atoms with Crippen molar-refractivity contribution < 1.29 is 157 Å². The van der Waals surface area contributed by atoms with E-state index in [-0.39, 0.29) is 218 Å². The molecule has 2 unspecified atom stereocenters. The van der Waals surface area contributed by atoms with E-state index < -0.39 is 163 Å². The van der Waals surface area contributed by atoms with E-state index in [0.717, 1.165) is 38.2 Å². The summed E-state index contributed by atoms with van der Waals surface area (Å²) >= 11 is 0. The molecule has 2 heterocycles. The van der Waals surface area contributed by atoms with Crippen LogP contribution in [0, 0.1) is 0 Å². The lowest BCUT2D eigenvalue weighted by molar-refractivity contribution is -0.142. The Morgan fingerprint density at radius 2 is 0.541 bits per heavy atom. The molecule has 0 aliphatic carbocycles. The van der Waals surface area contributed by atoms with Crippen molar-refractivity contribution in [3.8, 4) is 0 Å². The van der Waals surface area contributed by atoms with E-state index in [1.165, 1.54) is 0 Å². The number of urea groups is 2. The van der Waals surface area contributed by atoms with Gasteiger partial charge in [-0.2, -0.15) is 0 Å². The summed E-state index contributed by atoms with van der Waals surface area (Å²) in [5.41, 5.74) is 2.55. The Morgan fingerprint density at radius 3 is 0.856 bits per heavy atom. The van der Waals surface area contributed by atoms with Gasteiger partial charge >= 0.3 is 83.7 Å². The summed E-state index contributed by atoms with van der Waals surface area (Å²) in [4.78, 5) is 257. The number of hydrogen-bond acceptors (Lipinski definition) is 28. The van der Waals surface area contributed by atoms with Gasteiger partial charge in [0.25, 0.3) is 5.91 Å². The number of benzene rings is 5. The van der Waals surface area contributed by atoms with Crippen molar-refractivity contribution >= 4 is 140 Å². The van der Waals surface area contributed by atoms with Crippen LogP contribution in [0.15, 0.2) is 109 Å². The molecule has 6 atom stereocenters. The molecule has 2 saturated heterocycles. The maximum atomic E-state index is 13.7. The Morgan fingerprint density at radius 1 is 0.253 bits per heavy atom. The van der Waals surface area contributed by atoms with Crippen LogP contribution < -0.4 is 42.5 Å². The number of rotatable bonds is 59. The summed E-state index contributed by atoms with van der Waals surface area (Å²) in [5, 5.41) is 136. The van der Waals surface area contributed by atoms with E-state index >= 15 is 0 Å². The summed E-state index contributed by atoms with van der Waals surface area (Å²) < 4.78 is 0. The number of Topliss-reactive ketones (excluding diaryl/α,β-unsaturated/α-hetero) is 2. The number of hydrogen-bond donors (Lipinski definition) is 20. The van der Waals surface area contributed by atoms with Crippen LogP contribution in [-0.2, 0) is 101 Å². The summed E-state index contributed by atoms with van der Waals surface area (Å²) in [6.07, 6.45) is 2.34. The summed E-state index contributed by atoms with van der Waals surface area (Å²) in [6.45, 7) is 3.04. The highest BCUT2D eigenvalue weighted by Gasteiger charge is 2.32. The third kappa shape index (κ3) is 49.8. The normalized spacial score (nSPS) is 15.6. The first-order valence-corrected chi connectivity index (χ1v) is 48.3. The predicted molar refractivity (Wildman–Crippen MR) is 525 cm³/mol. The first kappa shape index (κ1) is 120. The molecule has 0 aromatic heterocycles. The van der Waals surface area contributed by atoms with Crippen molar-refractivity contribution in [3.63, 3.8) is 0 Å². The zero-order valence-electron chi connectivity index (χ0n) is 81.5. The number of unbranched alkanes of at least 4 members (excludes halogenated alkanes) is 5. The third-order valence-electron chi connectivity index (χ3n) is 24.3. The van der Waals surface area contributed by atoms with E-state index in [4.69, 9.17) is 10.2 Å². The molecule has 2 aliphatic rings. The molecule has 800 valence electrons. The zero-order chi connectivity index (χ0) is 107. The molecule has 48 heteroatoms. The number of carbonyl (C=O) groups is 20. The van der Waals surface area contributed by atoms with E-state index in [2.05, 4.69) is 42.5 Å². The molecule has 20 N–H and O–H groups in total. The fraction of sp³-hybridized carbons (Fsp3) is 0.531. The number of carboxylic acids is 12. The average molecular weight is 2050 g/mol. The van der Waals surface area contributed by atoms with Gasteiger partial charge in [0.05, 0.1) is 52.4 Å². The smallest absolute Gasteiger partial charge is 0.326 e. The molecule has 5 aromatic carbocycles. The monoisotopic (exact) mass is 2050 g/mol. The molecule has 48 nitrogen and oxygen atoms in total. The Balaban J connectivity index is 0.000000446. The molecule has 8 amide bonds. The largest absolute Gasteiger partial charge is 0.481 e. The number of aliphatic carboxylic acids is 12. The zero-order valence-corrected chi connectivity index (χ0v) is 81.5. The minimum atomic E-state index is -1.56. The number of fused-ring (bicyclic) bond motifs is 2. The molecule has 0 saturated carbocycles. The van der Waals surface area contributed by atoms with Crippen LogP contribution in [0.25, 0.3) is 21.5 Å². The third-order valence-corrected chi connectivity index (χ3v) is 24.3. The van der Waals surface area contributed by atoms with E-state index in [9.17, 15) is 147 Å². The van der Waals surface area contributed by atoms with E-state index in [1.54, 1.807) is 53.7 Å². The van der Waals surface area contributed by atoms with Gasteiger partial charge in [-0.15, -0.1) is 0 Å². The van der Waals surface area contributed by atoms with E-state index in [1.807, 2.05) is 94.7 Å². The Hall–Kier alpha value is -14.3. The molecule has 0 bridgehead atoms. The average Bonchev–Trinajstić information content (AvgIpc) is 1.10. The van der Waals surface area contributed by atoms with Crippen LogP contribution in [0.1, 0.15) is 136 Å². The molecule has 5 aromatic rings. The molecular formula is C98H136N16O32. The first-order valence-electron chi connectivity index (χ1n) is 48.3. The summed E-state index contributed by atoms with van der Waals surface area (Å²) in [5.74, 6) is -16.6. The van der Waals surface area contributed by atoms with Gasteiger partial charge in [-0.05, 0) is 121 Å². The lowest BCUT2D eigenvalue weighted by Crippen LogP contribution is -2.51. The number of carbonyl (C=O) groups excluding carboxylic acids is 8. The second kappa shape index (κ2) is 65.2. The topological polar surface area (TPSA) is 706 Å². The number of amides is 8. The number of nitrogens with zero attached hydrogens (tertiary/aromatic N) is 8. The van der Waals surface area contributed by atoms with Gasteiger partial charge < -0.3 is 104 Å². The number of aryl methyl sites for hydroxylation is 1. The van der Waals surface area contributed by atoms with Crippen LogP contribution in [0.4, 0.5) is 9.59 Å². The van der Waals surface area contributed by atoms with Gasteiger partial charge in [0.15, 0.2) is 0 Å². The van der Waals surface area contributed by atoms with Crippen molar-refractivity contribution in [1.29, 1.82) is 0 Å². The van der Waals surface area contributed by atoms with Gasteiger partial charge in [-0.1, -0.05) is 110 Å². The van der Waals surface area contributed by atoms with Crippen molar-refractivity contribution in [2.24, 2.45) is 0 Å². The first-order chi connectivity index (χ1) is 69.5. The minimum absolute atomic E-state index is 0.0161. The lowest BCUT2D eigenvalue weighted by Gasteiger charge is -2.32. The van der Waals surface area contributed by atoms with Gasteiger partial charge in [0, 0.05) is 168 Å². The van der Waals surface area contributed by atoms with Crippen LogP contribution in [0.3, 0.4) is 0 Å². The van der Waals surface area contributed by atoms with Crippen molar-refractivity contribution in [1.82, 2.24) is 81.7 Å². The second-order valence-electron chi connectivity index (χ2n) is 35.9. The minimum Gasteiger partial charge on any atom is -0.481 e. The number of nitrogens with one attached hydrogen (secondary N) is 8. The molecule has 2 fully saturated rings. The molecule has 146 heavy (non-hydrogen) atoms. The Bertz CT molecular complexity index is 5160. The fourth-order valence-electron chi connectivity index (χ4n) is 16.3. The van der Waals surface area contributed by atoms with Crippen molar-refractivity contribution in [3.05, 3.63) is 131 Å². The highest BCUT2D eigenvalue weighted by molar-refractivity contribution is 5.98. The number of carboxylic acid groups (broad SMARTS) is 12. The summed E-state index contributed by atoms with van der Waals surface area (Å²) in [7, 11) is 0. The van der Waals surface area contributed by atoms with Gasteiger partial charge in [-0.25, -0.2) is 28.8 Å². The molecule has 0 radical (unpaired) electrons. The van der Waals surface area contributed by atoms with Crippen LogP contribution in [0.2, 0.25) is 0 Å². The molecule has 7 rings (SSSR count). The van der Waals surface area contributed by atoms with Gasteiger partial charge in [-0.3, -0.25) is 106 Å². The van der Waals surface area contributed by atoms with Crippen molar-refractivity contribution in [2.75, 3.05) is 170 Å². The predicted octanol–water partition coefficient (Wildman–Crippen LogP) is 1.12. The SMILES string of the molecule is O=C(O)CC[C@H](NC(=O)N[C@@H](CCCCNC(=O)C(Cc1ccc2ccccc2c1)NC(=O)CCCCCCC(=O)CN1CCN(CC(=O)O)CCN(CC(=O)O)CCN(CC(=O)O)CC1)C(=O)O)C(=O)O.O=C(O)CC[C@H](NC(=O)N[C@@H](CCCCNC(=O)C(Cc1ccc2ccccc2c1)NC(=O)c1ccc(CCC(=O)CN2CCN(CC(=O)O)CCN(CC(=O)O)CCN(CC(=O)O)CC2)cc1)C(=O)O)C(=O)O. The second-order valence-corrected chi connectivity index (χ2v) is 35.9. The summed E-state index contributed by atoms with van der Waals surface area (Å²) in [6, 6.07) is 23.1. The highest BCUT2D eigenvalue weighted by Crippen LogP contribution is 2.21. The maximum absolute atomic E-state index is 13.7. The standard InChI is InChI=1S/C50H66N8O16.C48H70N8O16/c59-38(29-55-19-21-56(30-43(62)63)23-25-58(32-45(66)67)26-24-57(22-20-55)31-44(64)65)15-11-33-8-13-36(14-9-33)46(68)52-41(28-34-10-12-35-5-1-2-6-37(35)27-34)47(69)51-18-4-3-7-39(48(70)71)53-50(74)54-40(49(72)73)16-17-42(60)61;57-36(29-53-19-21-54(30-42(61)62)23-25-56(32-44(65)66)26-24-55(22-20-53)31-43(63)64)11-3-1-2-4-13-40(58)50-39(28-33-14-15-34-9-5-6-10-35(34)27-33)45(67)49-18-8-7-12-37(46(68)69)51-48(72)52-38(47(70)71)16-17-41(59)60/h1-2,5-6,8-10,12-14,27,39-41H,3-4,7,11,15-26,28-32H2,(H,51,69)(H,52,68)(H,60,61)(H,62,63)(H,64,65)(H,66,67)(H,70,71)(H,72,73)(H2,53,54,74);5-6,9-10,14-15,27,37-39H,1-4,7-8,11-13,16-26,28-32H2,(H,49,67)(H,50,58)(H,59,60)(H,61,62)(H,63,64)(H,65,66)(H,68,69)(H,70,71)(H2,51,52,72)/t39-,40-,41?;37-,38-,39?/m00/s1. The van der Waals surface area contributed by atoms with Gasteiger partial charge in [0.2, 0.25) is 17.7 Å². The lowest BCUT2D eigenvalue weighted by atomic mass is 10.0. The maximum Gasteiger partial charge on any atom is 0.326 e. The van der Waals surface area contributed by atoms with E-state index in [0.29, 0.717) is 77.8 Å². The van der Waals surface area contributed by atoms with Crippen LogP contribution in [0.5, 0.6) is 0 Å². The molecular weight excluding hydrogens is 1910 g/mol. The van der Waals surface area contributed by atoms with Crippen LogP contribution in [-0.4, -0.2) is 426 Å². The van der Waals surface area contributed by atoms with Crippen molar-refractivity contribution in [2.45, 2.75) is 165 Å². The highest BCUT2D eigenvalue weighted by atomic mass is 16.4. The Labute approximate surface area is 841 Å². The van der Waals surface area contributed by atoms with Gasteiger partial charge in [0.1, 0.15) is 47.8 Å². The fourth-order valence-corrected chi connectivity index (χ4v) is 16.3. The Kier molecular flexibility index (Phi) is 53.7. The quantitative estimate of drug-likeness (QED) is 0.0243. The van der Waals surface area contributed by atoms with Crippen LogP contribution >= 0.6 is 0 Å². The number of ketones is 2. The molecule has 0 spiro atoms.